The van der Waals surface area contributed by atoms with Crippen molar-refractivity contribution >= 4 is 23.6 Å². The third-order valence-electron chi connectivity index (χ3n) is 4.93. The highest BCUT2D eigenvalue weighted by molar-refractivity contribution is 7.73. The number of hydrogen-bond acceptors (Lipinski definition) is 3. The second-order valence-corrected chi connectivity index (χ2v) is 7.78. The molecule has 16 heavy (non-hydrogen) atoms. The summed E-state index contributed by atoms with van der Waals surface area (Å²) in [5.41, 5.74) is 0.424. The summed E-state index contributed by atoms with van der Waals surface area (Å²) in [6.45, 7) is 0. The topological polar surface area (TPSA) is 28.7 Å². The van der Waals surface area contributed by atoms with Crippen LogP contribution in [0.25, 0.3) is 0 Å². The summed E-state index contributed by atoms with van der Waals surface area (Å²) in [7, 11) is 0. The number of hydrogen-bond donors (Lipinski definition) is 1. The zero-order chi connectivity index (χ0) is 10.8. The molecule has 0 spiro atoms. The van der Waals surface area contributed by atoms with Crippen LogP contribution in [0.15, 0.2) is 0 Å². The van der Waals surface area contributed by atoms with Crippen molar-refractivity contribution in [3.63, 3.8) is 0 Å². The van der Waals surface area contributed by atoms with E-state index in [9.17, 15) is 0 Å². The van der Waals surface area contributed by atoms with Crippen LogP contribution in [0.2, 0.25) is 0 Å². The third kappa shape index (κ3) is 1.29. The van der Waals surface area contributed by atoms with Gasteiger partial charge in [0.25, 0.3) is 0 Å². The third-order valence-corrected chi connectivity index (χ3v) is 6.27. The van der Waals surface area contributed by atoms with Crippen molar-refractivity contribution in [2.75, 3.05) is 0 Å². The Morgan fingerprint density at radius 3 is 2.12 bits per heavy atom. The van der Waals surface area contributed by atoms with E-state index in [2.05, 4.69) is 10.2 Å². The first-order chi connectivity index (χ1) is 7.73. The predicted molar refractivity (Wildman–Crippen MR) is 67.1 cm³/mol. The molecule has 1 aromatic rings. The molecule has 0 amide bonds. The van der Waals surface area contributed by atoms with Crippen molar-refractivity contribution in [2.45, 2.75) is 43.9 Å². The van der Waals surface area contributed by atoms with E-state index in [1.807, 2.05) is 0 Å². The molecule has 4 heteroatoms. The minimum absolute atomic E-state index is 0.424. The van der Waals surface area contributed by atoms with Crippen LogP contribution in [-0.2, 0) is 5.41 Å². The van der Waals surface area contributed by atoms with Crippen molar-refractivity contribution in [1.29, 1.82) is 0 Å². The van der Waals surface area contributed by atoms with Crippen molar-refractivity contribution in [3.05, 3.63) is 8.96 Å². The van der Waals surface area contributed by atoms with E-state index in [1.54, 1.807) is 11.3 Å². The molecular weight excluding hydrogens is 236 g/mol. The number of aromatic nitrogens is 2. The maximum atomic E-state index is 5.19. The van der Waals surface area contributed by atoms with Crippen molar-refractivity contribution < 1.29 is 0 Å². The summed E-state index contributed by atoms with van der Waals surface area (Å²) < 4.78 is 0.853. The Balaban J connectivity index is 1.79. The van der Waals surface area contributed by atoms with Gasteiger partial charge in [-0.2, -0.15) is 5.10 Å². The molecule has 0 radical (unpaired) electrons. The molecule has 0 atom stereocenters. The lowest BCUT2D eigenvalue weighted by molar-refractivity contribution is -0.00555. The van der Waals surface area contributed by atoms with Crippen LogP contribution < -0.4 is 0 Å². The molecular formula is C12H16N2S2. The van der Waals surface area contributed by atoms with Crippen LogP contribution in [0, 0.1) is 21.7 Å². The maximum Gasteiger partial charge on any atom is 0.176 e. The Kier molecular flexibility index (Phi) is 1.93. The van der Waals surface area contributed by atoms with Gasteiger partial charge in [-0.3, -0.25) is 5.10 Å². The summed E-state index contributed by atoms with van der Waals surface area (Å²) >= 11 is 6.91. The van der Waals surface area contributed by atoms with Crippen molar-refractivity contribution in [2.24, 2.45) is 17.8 Å². The largest absolute Gasteiger partial charge is 0.258 e. The molecule has 86 valence electrons. The first kappa shape index (κ1) is 9.77. The fraction of sp³-hybridized carbons (Fsp3) is 0.833. The highest BCUT2D eigenvalue weighted by atomic mass is 32.1. The first-order valence-electron chi connectivity index (χ1n) is 6.29. The highest BCUT2D eigenvalue weighted by Crippen LogP contribution is 2.60. The van der Waals surface area contributed by atoms with Gasteiger partial charge in [-0.05, 0) is 68.5 Å². The van der Waals surface area contributed by atoms with E-state index in [-0.39, 0.29) is 0 Å². The van der Waals surface area contributed by atoms with Crippen LogP contribution in [0.5, 0.6) is 0 Å². The molecule has 1 N–H and O–H groups in total. The Morgan fingerprint density at radius 1 is 1.12 bits per heavy atom. The average molecular weight is 252 g/mol. The second-order valence-electron chi connectivity index (χ2n) is 6.12. The van der Waals surface area contributed by atoms with Gasteiger partial charge in [0.1, 0.15) is 5.01 Å². The van der Waals surface area contributed by atoms with E-state index in [0.29, 0.717) is 5.41 Å². The van der Waals surface area contributed by atoms with Gasteiger partial charge in [-0.1, -0.05) is 11.3 Å². The van der Waals surface area contributed by atoms with E-state index < -0.39 is 0 Å². The van der Waals surface area contributed by atoms with Crippen LogP contribution in [0.3, 0.4) is 0 Å². The number of rotatable bonds is 1. The minimum Gasteiger partial charge on any atom is -0.258 e. The maximum absolute atomic E-state index is 5.19. The standard InChI is InChI=1S/C12H16N2S2/c15-11-14-13-10(16-11)12-4-7-1-8(5-12)3-9(2-7)6-12/h7-9H,1-6H2,(H,14,15). The lowest BCUT2D eigenvalue weighted by Gasteiger charge is -2.55. The fourth-order valence-electron chi connectivity index (χ4n) is 4.83. The smallest absolute Gasteiger partial charge is 0.176 e. The summed E-state index contributed by atoms with van der Waals surface area (Å²) in [6, 6.07) is 0. The minimum atomic E-state index is 0.424. The SMILES string of the molecule is S=c1[nH]nc(C23CC4CC(CC(C4)C2)C3)s1. The lowest BCUT2D eigenvalue weighted by Crippen LogP contribution is -2.48. The summed E-state index contributed by atoms with van der Waals surface area (Å²) in [6.07, 6.45) is 8.64. The number of aromatic amines is 1. The van der Waals surface area contributed by atoms with E-state index in [0.717, 1.165) is 21.7 Å². The summed E-state index contributed by atoms with van der Waals surface area (Å²) in [5.74, 6) is 2.97. The molecule has 4 fully saturated rings. The van der Waals surface area contributed by atoms with Gasteiger partial charge in [0.2, 0.25) is 0 Å². The second kappa shape index (κ2) is 3.16. The van der Waals surface area contributed by atoms with E-state index >= 15 is 0 Å². The number of H-pyrrole nitrogens is 1. The molecule has 1 heterocycles. The summed E-state index contributed by atoms with van der Waals surface area (Å²) in [5, 5.41) is 8.79. The Morgan fingerprint density at radius 2 is 1.69 bits per heavy atom. The molecule has 4 saturated carbocycles. The molecule has 0 unspecified atom stereocenters. The normalized spacial score (nSPS) is 45.1. The van der Waals surface area contributed by atoms with Gasteiger partial charge in [0.15, 0.2) is 3.95 Å². The van der Waals surface area contributed by atoms with Gasteiger partial charge in [0.05, 0.1) is 0 Å². The zero-order valence-corrected chi connectivity index (χ0v) is 10.9. The van der Waals surface area contributed by atoms with Gasteiger partial charge in [-0.25, -0.2) is 0 Å². The summed E-state index contributed by atoms with van der Waals surface area (Å²) in [4.78, 5) is 0. The lowest BCUT2D eigenvalue weighted by atomic mass is 9.50. The monoisotopic (exact) mass is 252 g/mol. The molecule has 1 aromatic heterocycles. The Labute approximate surface area is 104 Å². The van der Waals surface area contributed by atoms with E-state index in [1.165, 1.54) is 43.5 Å². The molecule has 2 nitrogen and oxygen atoms in total. The van der Waals surface area contributed by atoms with Gasteiger partial charge in [0, 0.05) is 5.41 Å². The molecule has 4 aliphatic carbocycles. The van der Waals surface area contributed by atoms with Crippen LogP contribution in [0.4, 0.5) is 0 Å². The Bertz CT molecular complexity index is 438. The van der Waals surface area contributed by atoms with Crippen molar-refractivity contribution in [3.8, 4) is 0 Å². The fourth-order valence-corrected chi connectivity index (χ4v) is 5.94. The van der Waals surface area contributed by atoms with Crippen LogP contribution in [-0.4, -0.2) is 10.2 Å². The van der Waals surface area contributed by atoms with Gasteiger partial charge >= 0.3 is 0 Å². The average Bonchev–Trinajstić information content (AvgIpc) is 2.63. The number of nitrogens with one attached hydrogen (secondary N) is 1. The van der Waals surface area contributed by atoms with Gasteiger partial charge < -0.3 is 0 Å². The molecule has 4 bridgehead atoms. The molecule has 4 aliphatic rings. The first-order valence-corrected chi connectivity index (χ1v) is 7.52. The number of nitrogens with zero attached hydrogens (tertiary/aromatic N) is 1. The van der Waals surface area contributed by atoms with Crippen molar-refractivity contribution in [1.82, 2.24) is 10.2 Å². The quantitative estimate of drug-likeness (QED) is 0.773. The predicted octanol–water partition coefficient (Wildman–Crippen LogP) is 3.67. The van der Waals surface area contributed by atoms with Gasteiger partial charge in [-0.15, -0.1) is 0 Å². The van der Waals surface area contributed by atoms with Crippen LogP contribution in [0.1, 0.15) is 43.5 Å². The Hall–Kier alpha value is -0.220. The molecule has 0 saturated heterocycles. The van der Waals surface area contributed by atoms with Crippen LogP contribution >= 0.6 is 23.6 Å². The molecule has 5 rings (SSSR count). The molecule has 0 aliphatic heterocycles. The van der Waals surface area contributed by atoms with E-state index in [4.69, 9.17) is 12.2 Å². The zero-order valence-electron chi connectivity index (χ0n) is 9.24. The molecule has 0 aromatic carbocycles. The highest BCUT2D eigenvalue weighted by Gasteiger charge is 2.53.